The van der Waals surface area contributed by atoms with Gasteiger partial charge in [-0.1, -0.05) is 43.3 Å². The lowest BCUT2D eigenvalue weighted by Crippen LogP contribution is -2.23. The molecule has 0 saturated heterocycles. The van der Waals surface area contributed by atoms with Gasteiger partial charge in [0, 0.05) is 23.2 Å². The summed E-state index contributed by atoms with van der Waals surface area (Å²) in [6.07, 6.45) is 0. The molecule has 3 aliphatic carbocycles. The molecule has 0 atom stereocenters. The van der Waals surface area contributed by atoms with Gasteiger partial charge in [-0.3, -0.25) is 0 Å². The SMILES string of the molecule is COc1ccc2c3ccc(OC)cc3c3cc4c(cc3c2c1)C1c2cc3c5cc(OC)ccc5c5ccc(OC)cc5c3cc2C2c3cc5c6cc(OC)ccc6c6ccc(OC)cc6c5cc3C4C12C. The summed E-state index contributed by atoms with van der Waals surface area (Å²) >= 11 is 0. The maximum absolute atomic E-state index is 5.93. The van der Waals surface area contributed by atoms with Gasteiger partial charge in [-0.25, -0.2) is 0 Å². The zero-order valence-corrected chi connectivity index (χ0v) is 40.5. The van der Waals surface area contributed by atoms with E-state index in [0.29, 0.717) is 0 Å². The molecule has 15 rings (SSSR count). The standard InChI is InChI=1S/C65H48O6/c1-65-62-56-26-50-44-20-32(66-2)8-14-38(44)39-15-9-33(67-3)21-45(39)51(50)27-57(56)63(65)60-30-54-48-24-36(70-6)12-18-42(48)43-19-13-37(71-7)25-49(43)55(54)31-61(60)64(65)59-29-53-47-23-35(69-5)11-17-41(47)40-16-10-34(68-4)22-46(40)52(53)28-58(59)62/h8-31,62-64H,1-7H3. The zero-order chi connectivity index (χ0) is 47.8. The summed E-state index contributed by atoms with van der Waals surface area (Å²) in [5.41, 5.74) is 8.11. The first kappa shape index (κ1) is 40.6. The van der Waals surface area contributed by atoms with Gasteiger partial charge in [0.15, 0.2) is 0 Å². The Morgan fingerprint density at radius 1 is 0.225 bits per heavy atom. The molecule has 3 aliphatic rings. The Bertz CT molecular complexity index is 3700. The van der Waals surface area contributed by atoms with E-state index in [-0.39, 0.29) is 23.2 Å². The van der Waals surface area contributed by atoms with E-state index in [1.165, 1.54) is 130 Å². The van der Waals surface area contributed by atoms with Crippen LogP contribution in [-0.4, -0.2) is 42.7 Å². The van der Waals surface area contributed by atoms with Crippen LogP contribution >= 0.6 is 0 Å². The summed E-state index contributed by atoms with van der Waals surface area (Å²) in [5.74, 6) is 5.31. The van der Waals surface area contributed by atoms with Crippen LogP contribution in [0.3, 0.4) is 0 Å². The molecule has 0 amide bonds. The largest absolute Gasteiger partial charge is 0.497 e. The van der Waals surface area contributed by atoms with Crippen molar-refractivity contribution in [1.29, 1.82) is 0 Å². The summed E-state index contributed by atoms with van der Waals surface area (Å²) in [4.78, 5) is 0. The van der Waals surface area contributed by atoms with Crippen LogP contribution in [0.1, 0.15) is 58.1 Å². The lowest BCUT2D eigenvalue weighted by Gasteiger charge is -2.31. The second-order valence-electron chi connectivity index (χ2n) is 20.2. The highest BCUT2D eigenvalue weighted by atomic mass is 16.5. The molecule has 6 nitrogen and oxygen atoms in total. The van der Waals surface area contributed by atoms with Crippen LogP contribution in [0.4, 0.5) is 0 Å². The highest BCUT2D eigenvalue weighted by molar-refractivity contribution is 6.29. The lowest BCUT2D eigenvalue weighted by molar-refractivity contribution is 0.288. The molecule has 0 N–H and O–H groups in total. The van der Waals surface area contributed by atoms with Crippen molar-refractivity contribution < 1.29 is 28.4 Å². The molecule has 0 fully saturated rings. The molecule has 0 saturated carbocycles. The molecule has 344 valence electrons. The van der Waals surface area contributed by atoms with E-state index >= 15 is 0 Å². The third-order valence-electron chi connectivity index (χ3n) is 17.4. The van der Waals surface area contributed by atoms with E-state index in [1.54, 1.807) is 42.7 Å². The number of rotatable bonds is 6. The van der Waals surface area contributed by atoms with Gasteiger partial charge in [-0.2, -0.15) is 0 Å². The van der Waals surface area contributed by atoms with Crippen LogP contribution in [0.15, 0.2) is 146 Å². The van der Waals surface area contributed by atoms with Crippen LogP contribution in [0, 0.1) is 5.41 Å². The number of methoxy groups -OCH3 is 6. The predicted molar refractivity (Wildman–Crippen MR) is 290 cm³/mol. The summed E-state index contributed by atoms with van der Waals surface area (Å²) in [7, 11) is 10.5. The lowest BCUT2D eigenvalue weighted by atomic mass is 9.70. The third-order valence-corrected chi connectivity index (χ3v) is 17.4. The average molecular weight is 925 g/mol. The van der Waals surface area contributed by atoms with Crippen molar-refractivity contribution in [3.8, 4) is 34.5 Å². The number of fused-ring (bicyclic) bond motifs is 27. The fraction of sp³-hybridized carbons (Fsp3) is 0.169. The zero-order valence-electron chi connectivity index (χ0n) is 40.5. The van der Waals surface area contributed by atoms with Crippen molar-refractivity contribution in [3.63, 3.8) is 0 Å². The number of ether oxygens (including phenoxy) is 6. The molecule has 0 unspecified atom stereocenters. The fourth-order valence-electron chi connectivity index (χ4n) is 14.4. The fourth-order valence-corrected chi connectivity index (χ4v) is 14.4. The van der Waals surface area contributed by atoms with Gasteiger partial charge < -0.3 is 28.4 Å². The van der Waals surface area contributed by atoms with Crippen molar-refractivity contribution in [2.24, 2.45) is 5.41 Å². The quantitative estimate of drug-likeness (QED) is 0.155. The third kappa shape index (κ3) is 5.11. The normalized spacial score (nSPS) is 18.5. The van der Waals surface area contributed by atoms with E-state index in [1.807, 2.05) is 0 Å². The number of hydrogen-bond donors (Lipinski definition) is 0. The first-order valence-electron chi connectivity index (χ1n) is 24.4. The molecule has 0 spiro atoms. The summed E-state index contributed by atoms with van der Waals surface area (Å²) in [6.45, 7) is 2.60. The topological polar surface area (TPSA) is 55.4 Å². The Morgan fingerprint density at radius 2 is 0.380 bits per heavy atom. The molecule has 0 aromatic heterocycles. The first-order valence-corrected chi connectivity index (χ1v) is 24.4. The Labute approximate surface area is 409 Å². The second kappa shape index (κ2) is 14.2. The summed E-state index contributed by atoms with van der Waals surface area (Å²) in [5, 5.41) is 21.6. The average Bonchev–Trinajstić information content (AvgIpc) is 3.95. The molecule has 12 aromatic carbocycles. The Hall–Kier alpha value is -8.22. The van der Waals surface area contributed by atoms with Gasteiger partial charge in [-0.15, -0.1) is 0 Å². The smallest absolute Gasteiger partial charge is 0.119 e. The second-order valence-corrected chi connectivity index (χ2v) is 20.2. The summed E-state index contributed by atoms with van der Waals surface area (Å²) < 4.78 is 35.6. The van der Waals surface area contributed by atoms with E-state index in [0.717, 1.165) is 34.5 Å². The van der Waals surface area contributed by atoms with Crippen LogP contribution in [-0.2, 0) is 0 Å². The maximum atomic E-state index is 5.93. The van der Waals surface area contributed by atoms with Gasteiger partial charge >= 0.3 is 0 Å². The Morgan fingerprint density at radius 3 is 0.535 bits per heavy atom. The Balaban J connectivity index is 1.13. The molecular weight excluding hydrogens is 877 g/mol. The molecule has 0 bridgehead atoms. The molecule has 6 heteroatoms. The van der Waals surface area contributed by atoms with Crippen molar-refractivity contribution in [2.75, 3.05) is 42.7 Å². The minimum absolute atomic E-state index is 0.0869. The highest BCUT2D eigenvalue weighted by Gasteiger charge is 2.65. The minimum Gasteiger partial charge on any atom is -0.497 e. The van der Waals surface area contributed by atoms with Gasteiger partial charge in [0.2, 0.25) is 0 Å². The van der Waals surface area contributed by atoms with Crippen molar-refractivity contribution >= 4 is 97.0 Å². The molecule has 71 heavy (non-hydrogen) atoms. The Kier molecular flexibility index (Phi) is 8.13. The molecule has 0 heterocycles. The minimum atomic E-state index is -0.248. The van der Waals surface area contributed by atoms with E-state index in [2.05, 4.69) is 153 Å². The van der Waals surface area contributed by atoms with Crippen LogP contribution in [0.5, 0.6) is 34.5 Å². The molecule has 0 radical (unpaired) electrons. The van der Waals surface area contributed by atoms with Gasteiger partial charge in [0.1, 0.15) is 34.5 Å². The highest BCUT2D eigenvalue weighted by Crippen LogP contribution is 2.77. The van der Waals surface area contributed by atoms with Gasteiger partial charge in [0.25, 0.3) is 0 Å². The van der Waals surface area contributed by atoms with Crippen LogP contribution in [0.25, 0.3) is 97.0 Å². The summed E-state index contributed by atoms with van der Waals surface area (Å²) in [6, 6.07) is 54.5. The number of hydrogen-bond acceptors (Lipinski definition) is 6. The van der Waals surface area contributed by atoms with Gasteiger partial charge in [0.05, 0.1) is 42.7 Å². The van der Waals surface area contributed by atoms with Crippen LogP contribution < -0.4 is 28.4 Å². The number of benzene rings is 12. The molecule has 0 aliphatic heterocycles. The molecular formula is C65H48O6. The van der Waals surface area contributed by atoms with Crippen molar-refractivity contribution in [2.45, 2.75) is 24.7 Å². The predicted octanol–water partition coefficient (Wildman–Crippen LogP) is 15.9. The van der Waals surface area contributed by atoms with Crippen molar-refractivity contribution in [3.05, 3.63) is 179 Å². The van der Waals surface area contributed by atoms with Crippen LogP contribution in [0.2, 0.25) is 0 Å². The van der Waals surface area contributed by atoms with Crippen molar-refractivity contribution in [1.82, 2.24) is 0 Å². The van der Waals surface area contributed by atoms with E-state index in [4.69, 9.17) is 28.4 Å². The monoisotopic (exact) mass is 924 g/mol. The van der Waals surface area contributed by atoms with E-state index < -0.39 is 0 Å². The molecule has 12 aromatic rings. The first-order chi connectivity index (χ1) is 34.8. The maximum Gasteiger partial charge on any atom is 0.119 e. The van der Waals surface area contributed by atoms with Gasteiger partial charge in [-0.05, 0) is 240 Å². The van der Waals surface area contributed by atoms with E-state index in [9.17, 15) is 0 Å².